The van der Waals surface area contributed by atoms with Crippen molar-refractivity contribution >= 4 is 39.6 Å². The highest BCUT2D eigenvalue weighted by molar-refractivity contribution is 7.90. The van der Waals surface area contributed by atoms with Gasteiger partial charge in [0.2, 0.25) is 0 Å². The van der Waals surface area contributed by atoms with Crippen LogP contribution in [-0.2, 0) is 25.1 Å². The van der Waals surface area contributed by atoms with E-state index < -0.39 is 86.6 Å². The number of nitrogens with two attached hydrogens (primary N) is 1. The van der Waals surface area contributed by atoms with Crippen molar-refractivity contribution in [3.05, 3.63) is 82.9 Å². The van der Waals surface area contributed by atoms with Crippen molar-refractivity contribution in [3.8, 4) is 16.8 Å². The summed E-state index contributed by atoms with van der Waals surface area (Å²) in [5.41, 5.74) is 1.47. The highest BCUT2D eigenvalue weighted by atomic mass is 35.5. The summed E-state index contributed by atoms with van der Waals surface area (Å²) >= 11 is 6.41. The van der Waals surface area contributed by atoms with E-state index in [9.17, 15) is 40.0 Å². The SMILES string of the molecule is CC(C)(C)C[C@]1(c2ccc(-c3cnn(S(=O)(=O)C4CC4)c3)c(F)c2)N=C(N)N([C@H](COC(=O)NC2(C(F)(F)F)CC2)c2ccc(Cl)c(-n3ncnc3C(F)F)c2)C1=O. The summed E-state index contributed by atoms with van der Waals surface area (Å²) in [7, 11) is -3.75. The number of alkyl halides is 5. The third-order valence-electron chi connectivity index (χ3n) is 10.1. The predicted molar refractivity (Wildman–Crippen MR) is 196 cm³/mol. The highest BCUT2D eigenvalue weighted by Crippen LogP contribution is 2.49. The zero-order chi connectivity index (χ0) is 42.2. The van der Waals surface area contributed by atoms with Crippen molar-refractivity contribution in [2.24, 2.45) is 16.1 Å². The topological polar surface area (TPSA) is 180 Å². The van der Waals surface area contributed by atoms with E-state index in [-0.39, 0.29) is 52.2 Å². The maximum atomic E-state index is 16.1. The van der Waals surface area contributed by atoms with Gasteiger partial charge in [-0.05, 0) is 66.8 Å². The first-order valence-electron chi connectivity index (χ1n) is 17.8. The van der Waals surface area contributed by atoms with Gasteiger partial charge < -0.3 is 15.8 Å². The van der Waals surface area contributed by atoms with Crippen LogP contribution in [0.4, 0.5) is 31.1 Å². The monoisotopic (exact) mass is 855 g/mol. The molecule has 0 radical (unpaired) electrons. The Labute approximate surface area is 332 Å². The Kier molecular flexibility index (Phi) is 10.1. The maximum absolute atomic E-state index is 16.1. The molecule has 58 heavy (non-hydrogen) atoms. The molecule has 0 unspecified atom stereocenters. The lowest BCUT2D eigenvalue weighted by Gasteiger charge is -2.35. The third kappa shape index (κ3) is 7.48. The number of aromatic nitrogens is 5. The number of hydrogen-bond acceptors (Lipinski definition) is 10. The van der Waals surface area contributed by atoms with Crippen LogP contribution in [0.3, 0.4) is 0 Å². The number of nitrogens with zero attached hydrogens (tertiary/aromatic N) is 7. The number of guanidine groups is 1. The molecule has 7 rings (SSSR count). The Bertz CT molecular complexity index is 2420. The number of hydrogen-bond donors (Lipinski definition) is 2. The molecule has 4 aromatic rings. The maximum Gasteiger partial charge on any atom is 0.411 e. The Morgan fingerprint density at radius 2 is 1.81 bits per heavy atom. The molecule has 0 bridgehead atoms. The van der Waals surface area contributed by atoms with Gasteiger partial charge in [-0.1, -0.05) is 50.6 Å². The van der Waals surface area contributed by atoms with Gasteiger partial charge in [0.15, 0.2) is 17.3 Å². The summed E-state index contributed by atoms with van der Waals surface area (Å²) in [6.45, 7) is 4.55. The van der Waals surface area contributed by atoms with Crippen molar-refractivity contribution < 1.29 is 49.1 Å². The number of rotatable bonds is 12. The van der Waals surface area contributed by atoms with E-state index in [4.69, 9.17) is 22.1 Å². The minimum Gasteiger partial charge on any atom is -0.447 e. The minimum atomic E-state index is -4.77. The molecule has 2 aromatic carbocycles. The van der Waals surface area contributed by atoms with Crippen molar-refractivity contribution in [3.63, 3.8) is 0 Å². The fourth-order valence-electron chi connectivity index (χ4n) is 6.98. The number of aliphatic imine (C=N–C) groups is 1. The van der Waals surface area contributed by atoms with Crippen LogP contribution >= 0.6 is 11.6 Å². The second-order valence-electron chi connectivity index (χ2n) is 15.6. The number of amides is 2. The smallest absolute Gasteiger partial charge is 0.411 e. The van der Waals surface area contributed by atoms with Crippen LogP contribution in [0.15, 0.2) is 60.1 Å². The lowest BCUT2D eigenvalue weighted by Crippen LogP contribution is -2.50. The molecule has 3 aliphatic rings. The second kappa shape index (κ2) is 14.3. The molecule has 2 amide bonds. The van der Waals surface area contributed by atoms with Gasteiger partial charge in [0.1, 0.15) is 24.3 Å². The normalized spacial score (nSPS) is 20.0. The van der Waals surface area contributed by atoms with Crippen LogP contribution in [0.5, 0.6) is 0 Å². The van der Waals surface area contributed by atoms with Crippen molar-refractivity contribution in [2.45, 2.75) is 87.8 Å². The molecule has 3 heterocycles. The summed E-state index contributed by atoms with van der Waals surface area (Å²) in [6.07, 6.45) is -5.91. The fourth-order valence-corrected chi connectivity index (χ4v) is 8.65. The van der Waals surface area contributed by atoms with Crippen molar-refractivity contribution in [1.29, 1.82) is 0 Å². The molecule has 2 atom stereocenters. The molecule has 310 valence electrons. The molecule has 2 saturated carbocycles. The van der Waals surface area contributed by atoms with E-state index in [1.807, 2.05) is 5.32 Å². The first-order valence-corrected chi connectivity index (χ1v) is 19.7. The largest absolute Gasteiger partial charge is 0.447 e. The molecule has 2 fully saturated rings. The summed E-state index contributed by atoms with van der Waals surface area (Å²) in [6, 6.07) is 6.24. The number of halogens is 7. The second-order valence-corrected chi connectivity index (χ2v) is 18.1. The molecule has 1 aliphatic heterocycles. The van der Waals surface area contributed by atoms with Gasteiger partial charge in [0.25, 0.3) is 22.4 Å². The average molecular weight is 856 g/mol. The lowest BCUT2D eigenvalue weighted by atomic mass is 9.75. The molecular formula is C36H36ClF6N9O5S. The number of carbonyl (C=O) groups excluding carboxylic acids is 2. The van der Waals surface area contributed by atoms with E-state index in [0.717, 1.165) is 26.1 Å². The lowest BCUT2D eigenvalue weighted by molar-refractivity contribution is -0.164. The number of alkyl carbamates (subject to hydrolysis) is 1. The number of ether oxygens (including phenoxy) is 1. The third-order valence-corrected chi connectivity index (χ3v) is 12.5. The van der Waals surface area contributed by atoms with Crippen molar-refractivity contribution in [1.82, 2.24) is 34.2 Å². The average Bonchev–Trinajstić information content (AvgIpc) is 4.01. The minimum absolute atomic E-state index is 0.0271. The summed E-state index contributed by atoms with van der Waals surface area (Å²) in [5.74, 6) is -2.92. The molecule has 22 heteroatoms. The van der Waals surface area contributed by atoms with Crippen molar-refractivity contribution in [2.75, 3.05) is 6.61 Å². The Balaban J connectivity index is 1.28. The quantitative estimate of drug-likeness (QED) is 0.150. The predicted octanol–water partition coefficient (Wildman–Crippen LogP) is 6.55. The first kappa shape index (κ1) is 41.0. The summed E-state index contributed by atoms with van der Waals surface area (Å²) in [4.78, 5) is 37.0. The van der Waals surface area contributed by atoms with Crippen LogP contribution in [0.1, 0.15) is 82.3 Å². The number of carbonyl (C=O) groups is 2. The van der Waals surface area contributed by atoms with Gasteiger partial charge in [-0.2, -0.15) is 27.5 Å². The zero-order valence-electron chi connectivity index (χ0n) is 31.0. The van der Waals surface area contributed by atoms with E-state index in [2.05, 4.69) is 20.2 Å². The Morgan fingerprint density at radius 3 is 2.41 bits per heavy atom. The molecule has 14 nitrogen and oxygen atoms in total. The number of nitrogens with one attached hydrogen (secondary N) is 1. The molecule has 0 saturated heterocycles. The van der Waals surface area contributed by atoms with Crippen LogP contribution in [0, 0.1) is 11.2 Å². The van der Waals surface area contributed by atoms with E-state index in [1.165, 1.54) is 42.7 Å². The van der Waals surface area contributed by atoms with Gasteiger partial charge in [-0.15, -0.1) is 0 Å². The summed E-state index contributed by atoms with van der Waals surface area (Å²) < 4.78 is 117. The fraction of sp³-hybridized carbons (Fsp3) is 0.444. The van der Waals surface area contributed by atoms with Gasteiger partial charge in [0.05, 0.1) is 34.4 Å². The molecular weight excluding hydrogens is 820 g/mol. The Morgan fingerprint density at radius 1 is 1.10 bits per heavy atom. The standard InChI is InChI=1S/C36H36ClF6N9O5S/c1-33(2,3)17-35(21-5-8-23(25(38)13-21)20-14-46-50(15-20)58(55,56)22-6-7-22)30(53)51(31(44)48-35)27(16-57-32(54)49-34(10-11-34)36(41,42)43)19-4-9-24(37)26(12-19)52-29(28(39)40)45-18-47-52/h4-5,8-9,12-15,18,22,27-28H,6-7,10-11,16-17H2,1-3H3,(H2,44,48)(H,49,54)/t27-,35-/m1/s1. The van der Waals surface area contributed by atoms with Crippen LogP contribution in [0.2, 0.25) is 5.02 Å². The van der Waals surface area contributed by atoms with E-state index >= 15 is 4.39 Å². The summed E-state index contributed by atoms with van der Waals surface area (Å²) in [5, 5.41) is 8.96. The Hall–Kier alpha value is -5.18. The van der Waals surface area contributed by atoms with Crippen LogP contribution < -0.4 is 11.1 Å². The van der Waals surface area contributed by atoms with Gasteiger partial charge in [-0.3, -0.25) is 9.69 Å². The van der Waals surface area contributed by atoms with Gasteiger partial charge >= 0.3 is 12.3 Å². The number of benzene rings is 2. The zero-order valence-corrected chi connectivity index (χ0v) is 32.5. The van der Waals surface area contributed by atoms with Crippen LogP contribution in [-0.4, -0.2) is 78.8 Å². The van der Waals surface area contributed by atoms with E-state index in [0.29, 0.717) is 12.8 Å². The van der Waals surface area contributed by atoms with Gasteiger partial charge in [0, 0.05) is 11.1 Å². The first-order chi connectivity index (χ1) is 27.1. The van der Waals surface area contributed by atoms with E-state index in [1.54, 1.807) is 20.8 Å². The molecule has 3 N–H and O–H groups in total. The highest BCUT2D eigenvalue weighted by Gasteiger charge is 2.64. The molecule has 0 spiro atoms. The van der Waals surface area contributed by atoms with Gasteiger partial charge in [-0.25, -0.2) is 41.0 Å². The van der Waals surface area contributed by atoms with Crippen LogP contribution in [0.25, 0.3) is 16.8 Å². The molecule has 2 aliphatic carbocycles. The molecule has 2 aromatic heterocycles.